The van der Waals surface area contributed by atoms with E-state index in [2.05, 4.69) is 10.00 Å². The number of hydrogen-bond donors (Lipinski definition) is 0. The Morgan fingerprint density at radius 2 is 1.96 bits per heavy atom. The second-order valence-electron chi connectivity index (χ2n) is 6.77. The molecule has 27 heavy (non-hydrogen) atoms. The number of aromatic nitrogens is 2. The molecular formula is C19H24ClFN4O2. The second kappa shape index (κ2) is 8.27. The highest BCUT2D eigenvalue weighted by Gasteiger charge is 2.23. The van der Waals surface area contributed by atoms with Crippen LogP contribution in [-0.2, 0) is 17.9 Å². The van der Waals surface area contributed by atoms with E-state index >= 15 is 0 Å². The molecule has 0 unspecified atom stereocenters. The van der Waals surface area contributed by atoms with Gasteiger partial charge >= 0.3 is 0 Å². The molecule has 6 nitrogen and oxygen atoms in total. The smallest absolute Gasteiger partial charge is 0.244 e. The van der Waals surface area contributed by atoms with Gasteiger partial charge in [0, 0.05) is 32.7 Å². The predicted molar refractivity (Wildman–Crippen MR) is 102 cm³/mol. The van der Waals surface area contributed by atoms with E-state index in [0.717, 1.165) is 30.0 Å². The van der Waals surface area contributed by atoms with Crippen LogP contribution in [0.3, 0.4) is 0 Å². The first-order valence-electron chi connectivity index (χ1n) is 8.91. The zero-order chi connectivity index (χ0) is 19.6. The first-order valence-corrected chi connectivity index (χ1v) is 9.29. The molecule has 1 aromatic heterocycles. The molecule has 1 aromatic carbocycles. The van der Waals surface area contributed by atoms with Crippen molar-refractivity contribution in [3.63, 3.8) is 0 Å². The molecule has 0 atom stereocenters. The first-order chi connectivity index (χ1) is 12.9. The number of halogens is 2. The topological polar surface area (TPSA) is 50.6 Å². The van der Waals surface area contributed by atoms with Crippen LogP contribution in [0.4, 0.5) is 4.39 Å². The van der Waals surface area contributed by atoms with E-state index in [9.17, 15) is 9.18 Å². The van der Waals surface area contributed by atoms with Gasteiger partial charge in [-0.05, 0) is 31.5 Å². The molecular weight excluding hydrogens is 371 g/mol. The summed E-state index contributed by atoms with van der Waals surface area (Å²) in [4.78, 5) is 16.6. The van der Waals surface area contributed by atoms with E-state index in [1.54, 1.807) is 10.7 Å². The van der Waals surface area contributed by atoms with E-state index in [-0.39, 0.29) is 24.0 Å². The summed E-state index contributed by atoms with van der Waals surface area (Å²) in [6, 6.07) is 5.01. The quantitative estimate of drug-likeness (QED) is 0.782. The van der Waals surface area contributed by atoms with Crippen LogP contribution in [0.2, 0.25) is 5.02 Å². The van der Waals surface area contributed by atoms with Gasteiger partial charge in [0.15, 0.2) is 11.6 Å². The van der Waals surface area contributed by atoms with Gasteiger partial charge in [-0.2, -0.15) is 5.10 Å². The number of aryl methyl sites for hydroxylation is 1. The number of hydrogen-bond acceptors (Lipinski definition) is 4. The SMILES string of the molecule is COc1ccc(CN2CCN(C(=O)Cn3nc(C)c(Cl)c3C)CC2)cc1F. The minimum absolute atomic E-state index is 0.0346. The Morgan fingerprint density at radius 1 is 1.26 bits per heavy atom. The van der Waals surface area contributed by atoms with Crippen LogP contribution in [0.1, 0.15) is 17.0 Å². The van der Waals surface area contributed by atoms with Gasteiger partial charge in [-0.1, -0.05) is 17.7 Å². The Hall–Kier alpha value is -2.12. The number of ether oxygens (including phenoxy) is 1. The van der Waals surface area contributed by atoms with E-state index in [0.29, 0.717) is 24.7 Å². The third-order valence-electron chi connectivity index (χ3n) is 4.93. The molecule has 0 spiro atoms. The van der Waals surface area contributed by atoms with Crippen LogP contribution in [0, 0.1) is 19.7 Å². The average Bonchev–Trinajstić information content (AvgIpc) is 2.89. The van der Waals surface area contributed by atoms with Crippen LogP contribution in [0.25, 0.3) is 0 Å². The third-order valence-corrected chi connectivity index (χ3v) is 5.47. The van der Waals surface area contributed by atoms with E-state index < -0.39 is 0 Å². The fraction of sp³-hybridized carbons (Fsp3) is 0.474. The van der Waals surface area contributed by atoms with Crippen molar-refractivity contribution in [3.8, 4) is 5.75 Å². The van der Waals surface area contributed by atoms with Crippen LogP contribution in [0.5, 0.6) is 5.75 Å². The molecule has 1 fully saturated rings. The lowest BCUT2D eigenvalue weighted by Gasteiger charge is -2.34. The zero-order valence-corrected chi connectivity index (χ0v) is 16.6. The molecule has 0 N–H and O–H groups in total. The van der Waals surface area contributed by atoms with Crippen molar-refractivity contribution < 1.29 is 13.9 Å². The van der Waals surface area contributed by atoms with Gasteiger partial charge in [-0.25, -0.2) is 4.39 Å². The number of piperazine rings is 1. The average molecular weight is 395 g/mol. The maximum atomic E-state index is 13.8. The van der Waals surface area contributed by atoms with Gasteiger partial charge in [-0.15, -0.1) is 0 Å². The summed E-state index contributed by atoms with van der Waals surface area (Å²) < 4.78 is 20.4. The minimum atomic E-state index is -0.354. The molecule has 1 aliphatic rings. The Balaban J connectivity index is 1.53. The predicted octanol–water partition coefficient (Wildman–Crippen LogP) is 2.65. The van der Waals surface area contributed by atoms with Crippen molar-refractivity contribution >= 4 is 17.5 Å². The Labute approximate surface area is 163 Å². The van der Waals surface area contributed by atoms with Gasteiger partial charge in [0.2, 0.25) is 5.91 Å². The number of rotatable bonds is 5. The summed E-state index contributed by atoms with van der Waals surface area (Å²) in [5.41, 5.74) is 2.44. The van der Waals surface area contributed by atoms with Crippen LogP contribution >= 0.6 is 11.6 Å². The fourth-order valence-corrected chi connectivity index (χ4v) is 3.41. The van der Waals surface area contributed by atoms with Crippen molar-refractivity contribution in [2.75, 3.05) is 33.3 Å². The Bertz CT molecular complexity index is 831. The van der Waals surface area contributed by atoms with Crippen LogP contribution < -0.4 is 4.74 Å². The molecule has 0 aliphatic carbocycles. The zero-order valence-electron chi connectivity index (χ0n) is 15.8. The molecule has 1 saturated heterocycles. The highest BCUT2D eigenvalue weighted by Crippen LogP contribution is 2.20. The summed E-state index contributed by atoms with van der Waals surface area (Å²) in [6.45, 7) is 7.32. The lowest BCUT2D eigenvalue weighted by Crippen LogP contribution is -2.49. The van der Waals surface area contributed by atoms with Crippen molar-refractivity contribution in [1.82, 2.24) is 19.6 Å². The second-order valence-corrected chi connectivity index (χ2v) is 7.15. The molecule has 8 heteroatoms. The minimum Gasteiger partial charge on any atom is -0.494 e. The number of benzene rings is 1. The van der Waals surface area contributed by atoms with E-state index in [1.165, 1.54) is 13.2 Å². The molecule has 2 aromatic rings. The fourth-order valence-electron chi connectivity index (χ4n) is 3.28. The van der Waals surface area contributed by atoms with Gasteiger partial charge in [-0.3, -0.25) is 14.4 Å². The van der Waals surface area contributed by atoms with Gasteiger partial charge in [0.25, 0.3) is 0 Å². The number of nitrogens with zero attached hydrogens (tertiary/aromatic N) is 4. The van der Waals surface area contributed by atoms with Crippen molar-refractivity contribution in [2.24, 2.45) is 0 Å². The van der Waals surface area contributed by atoms with Gasteiger partial charge < -0.3 is 9.64 Å². The normalized spacial score (nSPS) is 15.2. The molecule has 2 heterocycles. The summed E-state index contributed by atoms with van der Waals surface area (Å²) in [6.07, 6.45) is 0. The van der Waals surface area contributed by atoms with Gasteiger partial charge in [0.05, 0.1) is 23.5 Å². The number of carbonyl (C=O) groups excluding carboxylic acids is 1. The Kier molecular flexibility index (Phi) is 6.01. The lowest BCUT2D eigenvalue weighted by atomic mass is 10.2. The third kappa shape index (κ3) is 4.42. The van der Waals surface area contributed by atoms with Crippen LogP contribution in [-0.4, -0.2) is 58.8 Å². The molecule has 3 rings (SSSR count). The lowest BCUT2D eigenvalue weighted by molar-refractivity contribution is -0.133. The first kappa shape index (κ1) is 19.6. The van der Waals surface area contributed by atoms with Gasteiger partial charge in [0.1, 0.15) is 6.54 Å². The highest BCUT2D eigenvalue weighted by molar-refractivity contribution is 6.31. The summed E-state index contributed by atoms with van der Waals surface area (Å²) in [5, 5.41) is 4.93. The molecule has 1 aliphatic heterocycles. The monoisotopic (exact) mass is 394 g/mol. The molecule has 1 amide bonds. The number of carbonyl (C=O) groups is 1. The molecule has 0 bridgehead atoms. The van der Waals surface area contributed by atoms with Crippen molar-refractivity contribution in [2.45, 2.75) is 26.9 Å². The molecule has 0 saturated carbocycles. The van der Waals surface area contributed by atoms with Crippen molar-refractivity contribution in [3.05, 3.63) is 46.0 Å². The number of amides is 1. The maximum absolute atomic E-state index is 13.8. The maximum Gasteiger partial charge on any atom is 0.244 e. The standard InChI is InChI=1S/C19H24ClFN4O2/c1-13-19(20)14(2)25(22-13)12-18(26)24-8-6-23(7-9-24)11-15-4-5-17(27-3)16(21)10-15/h4-5,10H,6-9,11-12H2,1-3H3. The largest absolute Gasteiger partial charge is 0.494 e. The molecule has 0 radical (unpaired) electrons. The Morgan fingerprint density at radius 3 is 2.52 bits per heavy atom. The number of methoxy groups -OCH3 is 1. The summed E-state index contributed by atoms with van der Waals surface area (Å²) >= 11 is 6.14. The van der Waals surface area contributed by atoms with E-state index in [1.807, 2.05) is 24.8 Å². The molecule has 146 valence electrons. The van der Waals surface area contributed by atoms with Crippen molar-refractivity contribution in [1.29, 1.82) is 0 Å². The highest BCUT2D eigenvalue weighted by atomic mass is 35.5. The van der Waals surface area contributed by atoms with E-state index in [4.69, 9.17) is 16.3 Å². The summed E-state index contributed by atoms with van der Waals surface area (Å²) in [7, 11) is 1.45. The van der Waals surface area contributed by atoms with Crippen LogP contribution in [0.15, 0.2) is 18.2 Å². The summed E-state index contributed by atoms with van der Waals surface area (Å²) in [5.74, 6) is -0.0711.